The molecule has 0 saturated carbocycles. The number of aromatic carboxylic acids is 1. The number of carboxylic acid groups (broad SMARTS) is 1. The molecule has 0 atom stereocenters. The fourth-order valence-electron chi connectivity index (χ4n) is 1.62. The van der Waals surface area contributed by atoms with E-state index >= 15 is 0 Å². The van der Waals surface area contributed by atoms with Crippen molar-refractivity contribution in [2.75, 3.05) is 5.32 Å². The van der Waals surface area contributed by atoms with Crippen LogP contribution in [0.3, 0.4) is 0 Å². The van der Waals surface area contributed by atoms with Gasteiger partial charge in [0.1, 0.15) is 9.88 Å². The third kappa shape index (κ3) is 3.42. The number of hydrogen-bond acceptors (Lipinski definition) is 4. The van der Waals surface area contributed by atoms with Gasteiger partial charge in [0.05, 0.1) is 5.69 Å². The van der Waals surface area contributed by atoms with Crippen LogP contribution in [0.15, 0.2) is 24.3 Å². The molecule has 0 aliphatic carbocycles. The first-order valence-electron chi connectivity index (χ1n) is 5.88. The second-order valence-corrected chi connectivity index (χ2v) is 5.27. The minimum absolute atomic E-state index is 0.0159. The number of aromatic nitrogens is 1. The Morgan fingerprint density at radius 1 is 1.23 bits per heavy atom. The molecule has 0 spiro atoms. The summed E-state index contributed by atoms with van der Waals surface area (Å²) >= 11 is 0.967. The van der Waals surface area contributed by atoms with Crippen molar-refractivity contribution in [1.29, 1.82) is 0 Å². The molecule has 1 aromatic carbocycles. The van der Waals surface area contributed by atoms with E-state index < -0.39 is 18.1 Å². The number of hydrogen-bond donors (Lipinski definition) is 2. The van der Waals surface area contributed by atoms with Crippen LogP contribution in [-0.4, -0.2) is 28.1 Å². The molecule has 5 nitrogen and oxygen atoms in total. The number of thiazole rings is 1. The Kier molecular flexibility index (Phi) is 4.18. The predicted molar refractivity (Wildman–Crippen MR) is 73.9 cm³/mol. The molecular formula is C13H9F3N2O3S. The van der Waals surface area contributed by atoms with Gasteiger partial charge >= 0.3 is 18.1 Å². The Morgan fingerprint density at radius 2 is 1.82 bits per heavy atom. The van der Waals surface area contributed by atoms with E-state index in [1.165, 1.54) is 24.3 Å². The van der Waals surface area contributed by atoms with Crippen LogP contribution in [0.1, 0.15) is 15.4 Å². The van der Waals surface area contributed by atoms with Crippen molar-refractivity contribution in [1.82, 2.24) is 4.98 Å². The lowest BCUT2D eigenvalue weighted by Crippen LogP contribution is -2.29. The summed E-state index contributed by atoms with van der Waals surface area (Å²) in [5.41, 5.74) is 0.894. The van der Waals surface area contributed by atoms with Crippen LogP contribution in [0.4, 0.5) is 18.9 Å². The largest absolute Gasteiger partial charge is 0.477 e. The van der Waals surface area contributed by atoms with E-state index in [1.807, 2.05) is 0 Å². The van der Waals surface area contributed by atoms with Crippen molar-refractivity contribution in [3.05, 3.63) is 34.8 Å². The highest BCUT2D eigenvalue weighted by atomic mass is 32.1. The molecule has 1 heterocycles. The summed E-state index contributed by atoms with van der Waals surface area (Å²) in [7, 11) is 0. The molecule has 1 aromatic heterocycles. The van der Waals surface area contributed by atoms with Crippen LogP contribution in [-0.2, 0) is 4.79 Å². The smallest absolute Gasteiger partial charge is 0.471 e. The van der Waals surface area contributed by atoms with E-state index in [-0.39, 0.29) is 10.6 Å². The summed E-state index contributed by atoms with van der Waals surface area (Å²) in [6.45, 7) is 1.56. The van der Waals surface area contributed by atoms with Gasteiger partial charge in [-0.3, -0.25) is 4.79 Å². The molecule has 116 valence electrons. The third-order valence-electron chi connectivity index (χ3n) is 2.64. The van der Waals surface area contributed by atoms with Gasteiger partial charge in [-0.15, -0.1) is 11.3 Å². The van der Waals surface area contributed by atoms with Crippen molar-refractivity contribution in [2.45, 2.75) is 13.1 Å². The summed E-state index contributed by atoms with van der Waals surface area (Å²) in [6.07, 6.45) is -4.96. The number of alkyl halides is 3. The first-order chi connectivity index (χ1) is 10.2. The molecule has 2 aromatic rings. The Hall–Kier alpha value is -2.42. The summed E-state index contributed by atoms with van der Waals surface area (Å²) in [6, 6.07) is 5.48. The van der Waals surface area contributed by atoms with Crippen LogP contribution in [0.2, 0.25) is 0 Å². The summed E-state index contributed by atoms with van der Waals surface area (Å²) in [4.78, 5) is 26.0. The molecule has 0 unspecified atom stereocenters. The van der Waals surface area contributed by atoms with E-state index in [2.05, 4.69) is 4.98 Å². The molecule has 0 bridgehead atoms. The number of benzene rings is 1. The molecule has 0 aliphatic rings. The number of halogens is 3. The minimum Gasteiger partial charge on any atom is -0.477 e. The van der Waals surface area contributed by atoms with Crippen molar-refractivity contribution in [3.63, 3.8) is 0 Å². The summed E-state index contributed by atoms with van der Waals surface area (Å²) < 4.78 is 36.4. The van der Waals surface area contributed by atoms with Gasteiger partial charge in [0, 0.05) is 11.3 Å². The number of nitrogens with zero attached hydrogens (tertiary/aromatic N) is 1. The lowest BCUT2D eigenvalue weighted by molar-refractivity contribution is -0.167. The van der Waals surface area contributed by atoms with Gasteiger partial charge in [0.25, 0.3) is 0 Å². The second-order valence-electron chi connectivity index (χ2n) is 4.27. The average Bonchev–Trinajstić information content (AvgIpc) is 2.80. The number of rotatable bonds is 3. The van der Waals surface area contributed by atoms with Crippen LogP contribution in [0, 0.1) is 6.92 Å². The number of carboxylic acids is 1. The van der Waals surface area contributed by atoms with Gasteiger partial charge in [0.2, 0.25) is 0 Å². The fraction of sp³-hybridized carbons (Fsp3) is 0.154. The van der Waals surface area contributed by atoms with Gasteiger partial charge in [-0.1, -0.05) is 0 Å². The first kappa shape index (κ1) is 16.0. The van der Waals surface area contributed by atoms with Crippen molar-refractivity contribution in [2.24, 2.45) is 0 Å². The molecular weight excluding hydrogens is 321 g/mol. The van der Waals surface area contributed by atoms with Gasteiger partial charge in [-0.05, 0) is 31.2 Å². The van der Waals surface area contributed by atoms with Crippen molar-refractivity contribution >= 4 is 28.9 Å². The molecule has 0 fully saturated rings. The van der Waals surface area contributed by atoms with Gasteiger partial charge in [-0.2, -0.15) is 13.2 Å². The number of nitrogens with one attached hydrogen (secondary N) is 1. The maximum atomic E-state index is 12.1. The van der Waals surface area contributed by atoms with Gasteiger partial charge in [0.15, 0.2) is 0 Å². The van der Waals surface area contributed by atoms with Crippen LogP contribution in [0.25, 0.3) is 10.6 Å². The molecule has 0 saturated heterocycles. The molecule has 2 N–H and O–H groups in total. The molecule has 1 amide bonds. The van der Waals surface area contributed by atoms with E-state index in [4.69, 9.17) is 5.11 Å². The van der Waals surface area contributed by atoms with Gasteiger partial charge < -0.3 is 10.4 Å². The number of carbonyl (C=O) groups excluding carboxylic acids is 1. The zero-order chi connectivity index (χ0) is 16.5. The van der Waals surface area contributed by atoms with E-state index in [0.29, 0.717) is 16.3 Å². The highest BCUT2D eigenvalue weighted by Crippen LogP contribution is 2.29. The number of amides is 1. The molecule has 2 rings (SSSR count). The summed E-state index contributed by atoms with van der Waals surface area (Å²) in [5.74, 6) is -3.14. The highest BCUT2D eigenvalue weighted by molar-refractivity contribution is 7.17. The predicted octanol–water partition coefficient (Wildman–Crippen LogP) is 3.32. The van der Waals surface area contributed by atoms with Crippen LogP contribution >= 0.6 is 11.3 Å². The average molecular weight is 330 g/mol. The highest BCUT2D eigenvalue weighted by Gasteiger charge is 2.38. The Morgan fingerprint density at radius 3 is 2.27 bits per heavy atom. The van der Waals surface area contributed by atoms with E-state index in [9.17, 15) is 22.8 Å². The topological polar surface area (TPSA) is 79.3 Å². The lowest BCUT2D eigenvalue weighted by Gasteiger charge is -2.08. The Bertz CT molecular complexity index is 723. The first-order valence-corrected chi connectivity index (χ1v) is 6.69. The Labute approximate surface area is 126 Å². The maximum Gasteiger partial charge on any atom is 0.471 e. The molecule has 0 aliphatic heterocycles. The van der Waals surface area contributed by atoms with Crippen molar-refractivity contribution < 1.29 is 27.9 Å². The lowest BCUT2D eigenvalue weighted by atomic mass is 10.2. The quantitative estimate of drug-likeness (QED) is 0.905. The maximum absolute atomic E-state index is 12.1. The zero-order valence-corrected chi connectivity index (χ0v) is 11.9. The van der Waals surface area contributed by atoms with Crippen LogP contribution < -0.4 is 5.32 Å². The van der Waals surface area contributed by atoms with E-state index in [1.54, 1.807) is 12.2 Å². The SMILES string of the molecule is Cc1nc(-c2ccc(NC(=O)C(F)(F)F)cc2)sc1C(=O)O. The fourth-order valence-corrected chi connectivity index (χ4v) is 2.53. The van der Waals surface area contributed by atoms with Crippen molar-refractivity contribution in [3.8, 4) is 10.6 Å². The Balaban J connectivity index is 2.21. The zero-order valence-electron chi connectivity index (χ0n) is 11.1. The molecule has 9 heteroatoms. The normalized spacial score (nSPS) is 11.3. The minimum atomic E-state index is -4.96. The molecule has 0 radical (unpaired) electrons. The number of carbonyl (C=O) groups is 2. The van der Waals surface area contributed by atoms with Crippen LogP contribution in [0.5, 0.6) is 0 Å². The van der Waals surface area contributed by atoms with Gasteiger partial charge in [-0.25, -0.2) is 9.78 Å². The monoisotopic (exact) mass is 330 g/mol. The number of aryl methyl sites for hydroxylation is 1. The summed E-state index contributed by atoms with van der Waals surface area (Å²) in [5, 5.41) is 11.1. The van der Waals surface area contributed by atoms with E-state index in [0.717, 1.165) is 11.3 Å². The third-order valence-corrected chi connectivity index (χ3v) is 3.83. The second kappa shape index (κ2) is 5.76. The standard InChI is InChI=1S/C13H9F3N2O3S/c1-6-9(11(19)20)22-10(17-6)7-2-4-8(5-3-7)18-12(21)13(14,15)16/h2-5H,1H3,(H,18,21)(H,19,20). The molecule has 22 heavy (non-hydrogen) atoms. The number of anilines is 1.